The van der Waals surface area contributed by atoms with Crippen LogP contribution in [0.15, 0.2) is 30.3 Å². The van der Waals surface area contributed by atoms with E-state index in [1.165, 1.54) is 5.56 Å². The molecular formula is C16H23N3O. The summed E-state index contributed by atoms with van der Waals surface area (Å²) in [6.45, 7) is 4.50. The van der Waals surface area contributed by atoms with E-state index < -0.39 is 0 Å². The molecule has 4 nitrogen and oxygen atoms in total. The third kappa shape index (κ3) is 3.02. The Balaban J connectivity index is 1.69. The number of nitrogens with zero attached hydrogens (tertiary/aromatic N) is 2. The molecule has 1 spiro atoms. The van der Waals surface area contributed by atoms with Crippen molar-refractivity contribution in [3.05, 3.63) is 35.9 Å². The molecule has 20 heavy (non-hydrogen) atoms. The fourth-order valence-corrected chi connectivity index (χ4v) is 3.34. The zero-order chi connectivity index (χ0) is 14.0. The number of carbonyl (C=O) groups is 1. The van der Waals surface area contributed by atoms with Crippen LogP contribution in [0, 0.1) is 0 Å². The van der Waals surface area contributed by atoms with Crippen molar-refractivity contribution >= 4 is 5.91 Å². The first-order chi connectivity index (χ1) is 9.65. The molecule has 2 aliphatic rings. The van der Waals surface area contributed by atoms with Crippen molar-refractivity contribution in [1.29, 1.82) is 0 Å². The summed E-state index contributed by atoms with van der Waals surface area (Å²) in [5.41, 5.74) is 1.28. The van der Waals surface area contributed by atoms with Crippen LogP contribution in [-0.2, 0) is 11.3 Å². The fraction of sp³-hybridized carbons (Fsp3) is 0.562. The van der Waals surface area contributed by atoms with Gasteiger partial charge in [0.15, 0.2) is 0 Å². The fourth-order valence-electron chi connectivity index (χ4n) is 3.34. The Morgan fingerprint density at radius 3 is 2.60 bits per heavy atom. The molecule has 0 unspecified atom stereocenters. The molecule has 0 bridgehead atoms. The maximum atomic E-state index is 12.1. The van der Waals surface area contributed by atoms with Gasteiger partial charge in [-0.2, -0.15) is 0 Å². The zero-order valence-corrected chi connectivity index (χ0v) is 12.1. The summed E-state index contributed by atoms with van der Waals surface area (Å²) in [4.78, 5) is 16.7. The van der Waals surface area contributed by atoms with Crippen molar-refractivity contribution in [3.8, 4) is 0 Å². The number of likely N-dealkylation sites (tertiary alicyclic amines) is 1. The Morgan fingerprint density at radius 1 is 1.20 bits per heavy atom. The molecule has 108 valence electrons. The predicted octanol–water partition coefficient (Wildman–Crippen LogP) is 1.08. The van der Waals surface area contributed by atoms with Gasteiger partial charge in [0.25, 0.3) is 0 Å². The number of amides is 1. The van der Waals surface area contributed by atoms with Crippen LogP contribution in [0.25, 0.3) is 0 Å². The van der Waals surface area contributed by atoms with E-state index in [4.69, 9.17) is 0 Å². The number of benzene rings is 1. The normalized spacial score (nSPS) is 23.8. The molecule has 2 heterocycles. The van der Waals surface area contributed by atoms with Crippen molar-refractivity contribution in [2.24, 2.45) is 0 Å². The van der Waals surface area contributed by atoms with Crippen LogP contribution in [0.3, 0.4) is 0 Å². The van der Waals surface area contributed by atoms with E-state index in [2.05, 4.69) is 46.4 Å². The third-order valence-corrected chi connectivity index (χ3v) is 4.49. The first-order valence-electron chi connectivity index (χ1n) is 7.41. The van der Waals surface area contributed by atoms with Crippen molar-refractivity contribution in [2.75, 3.05) is 33.2 Å². The van der Waals surface area contributed by atoms with Crippen molar-refractivity contribution in [3.63, 3.8) is 0 Å². The number of rotatable bonds is 2. The Morgan fingerprint density at radius 2 is 1.90 bits per heavy atom. The number of nitrogens with one attached hydrogen (secondary N) is 1. The van der Waals surface area contributed by atoms with Crippen molar-refractivity contribution in [1.82, 2.24) is 15.1 Å². The van der Waals surface area contributed by atoms with Gasteiger partial charge in [0.05, 0.1) is 12.1 Å². The lowest BCUT2D eigenvalue weighted by atomic mass is 9.85. The van der Waals surface area contributed by atoms with Gasteiger partial charge in [-0.25, -0.2) is 0 Å². The van der Waals surface area contributed by atoms with E-state index in [1.807, 2.05) is 6.07 Å². The number of carbonyl (C=O) groups excluding carboxylic acids is 1. The molecular weight excluding hydrogens is 250 g/mol. The molecule has 1 aromatic carbocycles. The van der Waals surface area contributed by atoms with Gasteiger partial charge in [-0.1, -0.05) is 30.3 Å². The summed E-state index contributed by atoms with van der Waals surface area (Å²) < 4.78 is 0. The van der Waals surface area contributed by atoms with Gasteiger partial charge >= 0.3 is 0 Å². The highest BCUT2D eigenvalue weighted by molar-refractivity contribution is 5.79. The maximum Gasteiger partial charge on any atom is 0.234 e. The van der Waals surface area contributed by atoms with E-state index in [0.717, 1.165) is 39.0 Å². The second kappa shape index (κ2) is 5.54. The van der Waals surface area contributed by atoms with Crippen LogP contribution in [0.1, 0.15) is 18.4 Å². The molecule has 3 rings (SSSR count). The molecule has 0 aliphatic carbocycles. The van der Waals surface area contributed by atoms with E-state index in [0.29, 0.717) is 6.54 Å². The smallest absolute Gasteiger partial charge is 0.234 e. The number of hydrogen-bond acceptors (Lipinski definition) is 3. The largest absolute Gasteiger partial charge is 0.348 e. The summed E-state index contributed by atoms with van der Waals surface area (Å²) in [6, 6.07) is 10.4. The zero-order valence-electron chi connectivity index (χ0n) is 12.1. The van der Waals surface area contributed by atoms with Gasteiger partial charge < -0.3 is 10.2 Å². The minimum absolute atomic E-state index is 0.00335. The lowest BCUT2D eigenvalue weighted by Gasteiger charge is -2.47. The molecule has 0 atom stereocenters. The number of piperidine rings is 1. The Hall–Kier alpha value is -1.39. The molecule has 1 N–H and O–H groups in total. The summed E-state index contributed by atoms with van der Waals surface area (Å²) in [5.74, 6) is 0.178. The van der Waals surface area contributed by atoms with E-state index in [9.17, 15) is 4.79 Å². The van der Waals surface area contributed by atoms with Crippen LogP contribution in [0.4, 0.5) is 0 Å². The van der Waals surface area contributed by atoms with Gasteiger partial charge in [0.2, 0.25) is 5.91 Å². The molecule has 4 heteroatoms. The summed E-state index contributed by atoms with van der Waals surface area (Å²) in [5, 5.41) is 3.26. The van der Waals surface area contributed by atoms with Crippen molar-refractivity contribution < 1.29 is 4.79 Å². The second-order valence-electron chi connectivity index (χ2n) is 6.26. The summed E-state index contributed by atoms with van der Waals surface area (Å²) in [6.07, 6.45) is 2.11. The van der Waals surface area contributed by atoms with E-state index in [1.54, 1.807) is 0 Å². The van der Waals surface area contributed by atoms with Gasteiger partial charge in [-0.05, 0) is 25.5 Å². The highest BCUT2D eigenvalue weighted by Gasteiger charge is 2.40. The number of hydrogen-bond donors (Lipinski definition) is 1. The van der Waals surface area contributed by atoms with Gasteiger partial charge in [-0.3, -0.25) is 9.69 Å². The number of piperazine rings is 1. The third-order valence-electron chi connectivity index (χ3n) is 4.49. The molecule has 2 saturated heterocycles. The standard InChI is InChI=1S/C16H23N3O/c1-18-9-7-16(8-10-18)13-19(12-15(20)17-16)11-14-5-3-2-4-6-14/h2-6H,7-13H2,1H3,(H,17,20). The average Bonchev–Trinajstić information content (AvgIpc) is 2.43. The highest BCUT2D eigenvalue weighted by atomic mass is 16.2. The lowest BCUT2D eigenvalue weighted by molar-refractivity contribution is -0.129. The molecule has 1 amide bonds. The summed E-state index contributed by atoms with van der Waals surface area (Å²) >= 11 is 0. The molecule has 2 fully saturated rings. The Labute approximate surface area is 120 Å². The first-order valence-corrected chi connectivity index (χ1v) is 7.41. The van der Waals surface area contributed by atoms with Crippen LogP contribution in [0.5, 0.6) is 0 Å². The highest BCUT2D eigenvalue weighted by Crippen LogP contribution is 2.26. The molecule has 1 aromatic rings. The average molecular weight is 273 g/mol. The predicted molar refractivity (Wildman–Crippen MR) is 79.3 cm³/mol. The molecule has 0 aromatic heterocycles. The Bertz CT molecular complexity index is 466. The Kier molecular flexibility index (Phi) is 3.76. The molecule has 0 radical (unpaired) electrons. The van der Waals surface area contributed by atoms with Crippen LogP contribution >= 0.6 is 0 Å². The van der Waals surface area contributed by atoms with Crippen LogP contribution in [-0.4, -0.2) is 54.5 Å². The minimum Gasteiger partial charge on any atom is -0.348 e. The second-order valence-corrected chi connectivity index (χ2v) is 6.26. The monoisotopic (exact) mass is 273 g/mol. The van der Waals surface area contributed by atoms with E-state index in [-0.39, 0.29) is 11.4 Å². The quantitative estimate of drug-likeness (QED) is 0.876. The van der Waals surface area contributed by atoms with Gasteiger partial charge in [-0.15, -0.1) is 0 Å². The summed E-state index contributed by atoms with van der Waals surface area (Å²) in [7, 11) is 2.15. The topological polar surface area (TPSA) is 35.6 Å². The minimum atomic E-state index is -0.00335. The SMILES string of the molecule is CN1CCC2(CC1)CN(Cc1ccccc1)CC(=O)N2. The molecule has 0 saturated carbocycles. The van der Waals surface area contributed by atoms with Gasteiger partial charge in [0, 0.05) is 26.2 Å². The molecule has 2 aliphatic heterocycles. The van der Waals surface area contributed by atoms with Crippen molar-refractivity contribution in [2.45, 2.75) is 24.9 Å². The lowest BCUT2D eigenvalue weighted by Crippen LogP contribution is -2.65. The van der Waals surface area contributed by atoms with Crippen LogP contribution < -0.4 is 5.32 Å². The maximum absolute atomic E-state index is 12.1. The first kappa shape index (κ1) is 13.6. The van der Waals surface area contributed by atoms with E-state index >= 15 is 0 Å². The van der Waals surface area contributed by atoms with Crippen LogP contribution in [0.2, 0.25) is 0 Å². The van der Waals surface area contributed by atoms with Gasteiger partial charge in [0.1, 0.15) is 0 Å².